The molecule has 0 aliphatic carbocycles. The number of pyridine rings is 1. The molecule has 2 amide bonds. The number of nitrogens with zero attached hydrogens (tertiary/aromatic N) is 3. The van der Waals surface area contributed by atoms with Gasteiger partial charge in [0.05, 0.1) is 0 Å². The molecule has 0 radical (unpaired) electrons. The molecule has 1 aromatic heterocycles. The Morgan fingerprint density at radius 1 is 1.07 bits per heavy atom. The summed E-state index contributed by atoms with van der Waals surface area (Å²) in [4.78, 5) is 20.3. The number of carbonyl (C=O) groups excluding carboxylic acids is 1. The molecule has 3 rings (SSSR count). The van der Waals surface area contributed by atoms with E-state index in [1.54, 1.807) is 17.0 Å². The monoisotopic (exact) mass is 422 g/mol. The lowest BCUT2D eigenvalue weighted by atomic mass is 10.1. The van der Waals surface area contributed by atoms with Crippen LogP contribution < -0.4 is 10.1 Å². The van der Waals surface area contributed by atoms with E-state index in [9.17, 15) is 18.0 Å². The summed E-state index contributed by atoms with van der Waals surface area (Å²) < 4.78 is 41.9. The van der Waals surface area contributed by atoms with E-state index < -0.39 is 12.8 Å². The Hall–Kier alpha value is -2.81. The van der Waals surface area contributed by atoms with E-state index in [0.717, 1.165) is 26.1 Å². The van der Waals surface area contributed by atoms with Gasteiger partial charge in [-0.2, -0.15) is 13.2 Å². The minimum absolute atomic E-state index is 0.0497. The average molecular weight is 422 g/mol. The zero-order valence-corrected chi connectivity index (χ0v) is 16.6. The van der Waals surface area contributed by atoms with Crippen LogP contribution in [0.1, 0.15) is 11.1 Å². The van der Waals surface area contributed by atoms with E-state index in [2.05, 4.69) is 27.3 Å². The Balaban J connectivity index is 1.42. The third-order valence-corrected chi connectivity index (χ3v) is 4.87. The predicted molar refractivity (Wildman–Crippen MR) is 106 cm³/mol. The van der Waals surface area contributed by atoms with Crippen LogP contribution in [0.4, 0.5) is 18.0 Å². The van der Waals surface area contributed by atoms with Gasteiger partial charge in [-0.3, -0.25) is 4.90 Å². The summed E-state index contributed by atoms with van der Waals surface area (Å²) >= 11 is 0. The summed E-state index contributed by atoms with van der Waals surface area (Å²) in [6.07, 6.45) is -2.13. The summed E-state index contributed by atoms with van der Waals surface area (Å²) in [7, 11) is 0. The molecule has 1 aliphatic rings. The van der Waals surface area contributed by atoms with Gasteiger partial charge in [0.25, 0.3) is 0 Å². The number of piperazine rings is 1. The Morgan fingerprint density at radius 2 is 1.80 bits per heavy atom. The quantitative estimate of drug-likeness (QED) is 0.745. The van der Waals surface area contributed by atoms with Crippen LogP contribution in [0, 0.1) is 0 Å². The molecule has 0 saturated carbocycles. The smallest absolute Gasteiger partial charge is 0.422 e. The van der Waals surface area contributed by atoms with E-state index in [0.29, 0.717) is 18.7 Å². The fraction of sp³-hybridized carbons (Fsp3) is 0.429. The number of amides is 2. The third-order valence-electron chi connectivity index (χ3n) is 4.87. The first kappa shape index (κ1) is 21.9. The van der Waals surface area contributed by atoms with Crippen LogP contribution in [0.3, 0.4) is 0 Å². The fourth-order valence-corrected chi connectivity index (χ4v) is 3.23. The van der Waals surface area contributed by atoms with Crippen LogP contribution in [-0.2, 0) is 13.0 Å². The van der Waals surface area contributed by atoms with E-state index in [1.807, 2.05) is 18.2 Å². The molecule has 0 unspecified atom stereocenters. The Kier molecular flexibility index (Phi) is 7.51. The molecule has 162 valence electrons. The summed E-state index contributed by atoms with van der Waals surface area (Å²) in [5.74, 6) is -0.124. The van der Waals surface area contributed by atoms with Gasteiger partial charge in [-0.05, 0) is 18.1 Å². The molecule has 30 heavy (non-hydrogen) atoms. The largest absolute Gasteiger partial charge is 0.468 e. The highest BCUT2D eigenvalue weighted by molar-refractivity contribution is 5.74. The molecule has 2 aromatic rings. The Morgan fingerprint density at radius 3 is 2.50 bits per heavy atom. The van der Waals surface area contributed by atoms with E-state index >= 15 is 0 Å². The molecule has 1 aliphatic heterocycles. The molecule has 0 bridgehead atoms. The number of ether oxygens (including phenoxy) is 1. The van der Waals surface area contributed by atoms with Gasteiger partial charge in [0.15, 0.2) is 6.61 Å². The van der Waals surface area contributed by atoms with E-state index in [-0.39, 0.29) is 18.5 Å². The van der Waals surface area contributed by atoms with Gasteiger partial charge in [-0.1, -0.05) is 36.4 Å². The van der Waals surface area contributed by atoms with Crippen LogP contribution in [0.2, 0.25) is 0 Å². The fourth-order valence-electron chi connectivity index (χ4n) is 3.23. The van der Waals surface area contributed by atoms with Crippen molar-refractivity contribution in [1.82, 2.24) is 20.1 Å². The first-order valence-corrected chi connectivity index (χ1v) is 9.83. The number of benzene rings is 1. The molecule has 6 nitrogen and oxygen atoms in total. The molecular weight excluding hydrogens is 397 g/mol. The first-order chi connectivity index (χ1) is 14.4. The predicted octanol–water partition coefficient (Wildman–Crippen LogP) is 3.09. The molecule has 9 heteroatoms. The third kappa shape index (κ3) is 6.91. The number of carbonyl (C=O) groups is 1. The number of alkyl halides is 3. The van der Waals surface area contributed by atoms with Crippen molar-refractivity contribution in [2.45, 2.75) is 19.1 Å². The highest BCUT2D eigenvalue weighted by Crippen LogP contribution is 2.20. The van der Waals surface area contributed by atoms with Crippen molar-refractivity contribution < 1.29 is 22.7 Å². The lowest BCUT2D eigenvalue weighted by Crippen LogP contribution is -2.51. The van der Waals surface area contributed by atoms with Gasteiger partial charge < -0.3 is 15.0 Å². The minimum Gasteiger partial charge on any atom is -0.468 e. The zero-order valence-electron chi connectivity index (χ0n) is 16.6. The maximum Gasteiger partial charge on any atom is 0.422 e. The van der Waals surface area contributed by atoms with Crippen LogP contribution >= 0.6 is 0 Å². The molecule has 1 N–H and O–H groups in total. The summed E-state index contributed by atoms with van der Waals surface area (Å²) in [5, 5.41) is 2.75. The Labute approximate surface area is 173 Å². The normalized spacial score (nSPS) is 15.1. The summed E-state index contributed by atoms with van der Waals surface area (Å²) in [6, 6.07) is 13.2. The molecule has 2 heterocycles. The van der Waals surface area contributed by atoms with Crippen molar-refractivity contribution in [1.29, 1.82) is 0 Å². The molecule has 1 aromatic carbocycles. The number of halogens is 3. The summed E-state index contributed by atoms with van der Waals surface area (Å²) in [6.45, 7) is 2.34. The van der Waals surface area contributed by atoms with Crippen LogP contribution in [0.15, 0.2) is 48.7 Å². The molecular formula is C21H25F3N4O2. The summed E-state index contributed by atoms with van der Waals surface area (Å²) in [5.41, 5.74) is 1.69. The van der Waals surface area contributed by atoms with Crippen LogP contribution in [0.5, 0.6) is 5.88 Å². The number of hydrogen-bond donors (Lipinski definition) is 1. The van der Waals surface area contributed by atoms with Crippen LogP contribution in [0.25, 0.3) is 0 Å². The second-order valence-electron chi connectivity index (χ2n) is 7.09. The van der Waals surface area contributed by atoms with Gasteiger partial charge in [0.1, 0.15) is 0 Å². The van der Waals surface area contributed by atoms with Crippen molar-refractivity contribution in [2.75, 3.05) is 39.3 Å². The SMILES string of the molecule is O=C(NCc1cccnc1OCC(F)(F)F)N1CCN(CCc2ccccc2)CC1. The molecule has 0 spiro atoms. The van der Waals surface area contributed by atoms with Crippen molar-refractivity contribution in [3.05, 3.63) is 59.8 Å². The van der Waals surface area contributed by atoms with E-state index in [4.69, 9.17) is 4.74 Å². The molecule has 1 saturated heterocycles. The lowest BCUT2D eigenvalue weighted by molar-refractivity contribution is -0.154. The number of nitrogens with one attached hydrogen (secondary N) is 1. The van der Waals surface area contributed by atoms with Crippen LogP contribution in [-0.4, -0.2) is 66.3 Å². The topological polar surface area (TPSA) is 57.7 Å². The maximum absolute atomic E-state index is 12.4. The van der Waals surface area contributed by atoms with Gasteiger partial charge >= 0.3 is 12.2 Å². The van der Waals surface area contributed by atoms with E-state index in [1.165, 1.54) is 11.8 Å². The Bertz CT molecular complexity index is 809. The zero-order chi connectivity index (χ0) is 21.4. The highest BCUT2D eigenvalue weighted by atomic mass is 19.4. The number of rotatable bonds is 7. The number of aromatic nitrogens is 1. The maximum atomic E-state index is 12.4. The lowest BCUT2D eigenvalue weighted by Gasteiger charge is -2.34. The van der Waals surface area contributed by atoms with Crippen molar-refractivity contribution in [3.8, 4) is 5.88 Å². The molecule has 0 atom stereocenters. The highest BCUT2D eigenvalue weighted by Gasteiger charge is 2.29. The van der Waals surface area contributed by atoms with Gasteiger partial charge in [0.2, 0.25) is 5.88 Å². The van der Waals surface area contributed by atoms with Gasteiger partial charge in [0, 0.05) is 51.0 Å². The van der Waals surface area contributed by atoms with Gasteiger partial charge in [-0.15, -0.1) is 0 Å². The number of urea groups is 1. The van der Waals surface area contributed by atoms with Gasteiger partial charge in [-0.25, -0.2) is 9.78 Å². The average Bonchev–Trinajstić information content (AvgIpc) is 2.75. The first-order valence-electron chi connectivity index (χ1n) is 9.83. The second kappa shape index (κ2) is 10.3. The number of hydrogen-bond acceptors (Lipinski definition) is 4. The standard InChI is InChI=1S/C21H25F3N4O2/c22-21(23,24)16-30-19-18(7-4-9-25-19)15-26-20(29)28-13-11-27(12-14-28)10-8-17-5-2-1-3-6-17/h1-7,9H,8,10-16H2,(H,26,29). The second-order valence-corrected chi connectivity index (χ2v) is 7.09. The van der Waals surface area contributed by atoms with Crippen molar-refractivity contribution >= 4 is 6.03 Å². The van der Waals surface area contributed by atoms with Crippen molar-refractivity contribution in [2.24, 2.45) is 0 Å². The molecule has 1 fully saturated rings. The van der Waals surface area contributed by atoms with Crippen molar-refractivity contribution in [3.63, 3.8) is 0 Å². The minimum atomic E-state index is -4.45.